The van der Waals surface area contributed by atoms with Crippen molar-refractivity contribution >= 4 is 18.3 Å². The maximum atomic E-state index is 12.5. The molecule has 0 aliphatic carbocycles. The Morgan fingerprint density at radius 2 is 1.89 bits per heavy atom. The number of halogens is 4. The van der Waals surface area contributed by atoms with Crippen molar-refractivity contribution in [3.8, 4) is 11.6 Å². The number of carbonyl (C=O) groups is 1. The molecular weight excluding hydrogens is 383 g/mol. The molecule has 1 aliphatic heterocycles. The summed E-state index contributed by atoms with van der Waals surface area (Å²) < 4.78 is 43.0. The zero-order valence-corrected chi connectivity index (χ0v) is 15.1. The lowest BCUT2D eigenvalue weighted by molar-refractivity contribution is -0.137. The number of rotatable bonds is 3. The SMILES string of the molecule is Cl.NC1CCCN(C(=O)c2ccc(Oc3ccc(C(F)(F)F)cn3)cc2)C1. The number of amides is 1. The van der Waals surface area contributed by atoms with Gasteiger partial charge in [0.1, 0.15) is 5.75 Å². The highest BCUT2D eigenvalue weighted by Crippen LogP contribution is 2.30. The van der Waals surface area contributed by atoms with Gasteiger partial charge in [-0.25, -0.2) is 4.98 Å². The van der Waals surface area contributed by atoms with Crippen LogP contribution in [-0.2, 0) is 6.18 Å². The van der Waals surface area contributed by atoms with Gasteiger partial charge in [0.05, 0.1) is 5.56 Å². The first kappa shape index (κ1) is 21.0. The molecule has 9 heteroatoms. The number of hydrogen-bond acceptors (Lipinski definition) is 4. The van der Waals surface area contributed by atoms with Crippen molar-refractivity contribution in [2.75, 3.05) is 13.1 Å². The predicted molar refractivity (Wildman–Crippen MR) is 96.1 cm³/mol. The van der Waals surface area contributed by atoms with Crippen LogP contribution < -0.4 is 10.5 Å². The predicted octanol–water partition coefficient (Wildman–Crippen LogP) is 3.88. The molecule has 5 nitrogen and oxygen atoms in total. The highest BCUT2D eigenvalue weighted by Gasteiger charge is 2.30. The van der Waals surface area contributed by atoms with Crippen molar-refractivity contribution in [1.82, 2.24) is 9.88 Å². The van der Waals surface area contributed by atoms with Crippen molar-refractivity contribution in [3.63, 3.8) is 0 Å². The second-order valence-electron chi connectivity index (χ2n) is 6.16. The standard InChI is InChI=1S/C18H18F3N3O2.ClH/c19-18(20,21)13-5-8-16(23-10-13)26-15-6-3-12(4-7-15)17(25)24-9-1-2-14(22)11-24;/h3-8,10,14H,1-2,9,11,22H2;1H. The average Bonchev–Trinajstić information content (AvgIpc) is 2.61. The van der Waals surface area contributed by atoms with Crippen molar-refractivity contribution in [3.05, 3.63) is 53.7 Å². The highest BCUT2D eigenvalue weighted by molar-refractivity contribution is 5.94. The third-order valence-electron chi connectivity index (χ3n) is 4.13. The molecule has 1 aromatic heterocycles. The normalized spacial score (nSPS) is 17.2. The van der Waals surface area contributed by atoms with E-state index in [0.29, 0.717) is 30.6 Å². The van der Waals surface area contributed by atoms with Crippen LogP contribution in [-0.4, -0.2) is 34.9 Å². The van der Waals surface area contributed by atoms with Crippen molar-refractivity contribution < 1.29 is 22.7 Å². The van der Waals surface area contributed by atoms with Crippen molar-refractivity contribution in [1.29, 1.82) is 0 Å². The molecule has 1 amide bonds. The molecule has 2 aromatic rings. The Kier molecular flexibility index (Phi) is 6.67. The minimum absolute atomic E-state index is 0. The third kappa shape index (κ3) is 5.33. The number of carbonyl (C=O) groups excluding carboxylic acids is 1. The van der Waals surface area contributed by atoms with Gasteiger partial charge in [0.2, 0.25) is 5.88 Å². The van der Waals surface area contributed by atoms with Crippen molar-refractivity contribution in [2.24, 2.45) is 5.73 Å². The molecule has 2 N–H and O–H groups in total. The molecule has 3 rings (SSSR count). The Morgan fingerprint density at radius 3 is 2.44 bits per heavy atom. The van der Waals surface area contributed by atoms with Gasteiger partial charge in [-0.3, -0.25) is 4.79 Å². The molecule has 2 heterocycles. The monoisotopic (exact) mass is 401 g/mol. The molecule has 0 spiro atoms. The van der Waals surface area contributed by atoms with E-state index in [0.717, 1.165) is 25.0 Å². The molecule has 1 saturated heterocycles. The van der Waals surface area contributed by atoms with E-state index < -0.39 is 11.7 Å². The minimum atomic E-state index is -4.44. The summed E-state index contributed by atoms with van der Waals surface area (Å²) in [7, 11) is 0. The first-order valence-corrected chi connectivity index (χ1v) is 8.19. The number of nitrogens with two attached hydrogens (primary N) is 1. The lowest BCUT2D eigenvalue weighted by atomic mass is 10.1. The van der Waals surface area contributed by atoms with Gasteiger partial charge in [-0.2, -0.15) is 13.2 Å². The topological polar surface area (TPSA) is 68.5 Å². The van der Waals surface area contributed by atoms with Gasteiger partial charge in [0, 0.05) is 37.0 Å². The zero-order valence-electron chi connectivity index (χ0n) is 14.3. The summed E-state index contributed by atoms with van der Waals surface area (Å²) in [5.41, 5.74) is 5.56. The van der Waals surface area contributed by atoms with Crippen LogP contribution >= 0.6 is 12.4 Å². The molecule has 1 atom stereocenters. The second-order valence-corrected chi connectivity index (χ2v) is 6.16. The van der Waals surface area contributed by atoms with E-state index in [1.165, 1.54) is 0 Å². The van der Waals surface area contributed by atoms with E-state index in [2.05, 4.69) is 4.98 Å². The number of ether oxygens (including phenoxy) is 1. The largest absolute Gasteiger partial charge is 0.439 e. The summed E-state index contributed by atoms with van der Waals surface area (Å²) in [4.78, 5) is 17.8. The molecular formula is C18H19ClF3N3O2. The molecule has 0 radical (unpaired) electrons. The van der Waals surface area contributed by atoms with Crippen molar-refractivity contribution in [2.45, 2.75) is 25.1 Å². The number of piperidine rings is 1. The smallest absolute Gasteiger partial charge is 0.417 e. The van der Waals surface area contributed by atoms with Gasteiger partial charge in [0.25, 0.3) is 5.91 Å². The number of alkyl halides is 3. The zero-order chi connectivity index (χ0) is 18.7. The van der Waals surface area contributed by atoms with Gasteiger partial charge in [-0.05, 0) is 43.2 Å². The molecule has 1 unspecified atom stereocenters. The summed E-state index contributed by atoms with van der Waals surface area (Å²) in [6, 6.07) is 8.44. The summed E-state index contributed by atoms with van der Waals surface area (Å²) in [5.74, 6) is 0.322. The van der Waals surface area contributed by atoms with E-state index in [4.69, 9.17) is 10.5 Å². The maximum Gasteiger partial charge on any atom is 0.417 e. The third-order valence-corrected chi connectivity index (χ3v) is 4.13. The number of benzene rings is 1. The Morgan fingerprint density at radius 1 is 1.19 bits per heavy atom. The quantitative estimate of drug-likeness (QED) is 0.847. The fraction of sp³-hybridized carbons (Fsp3) is 0.333. The van der Waals surface area contributed by atoms with E-state index in [1.807, 2.05) is 0 Å². The molecule has 1 fully saturated rings. The highest BCUT2D eigenvalue weighted by atomic mass is 35.5. The van der Waals surface area contributed by atoms with Crippen LogP contribution in [0.2, 0.25) is 0 Å². The van der Waals surface area contributed by atoms with E-state index in [-0.39, 0.29) is 30.2 Å². The fourth-order valence-electron chi connectivity index (χ4n) is 2.77. The fourth-order valence-corrected chi connectivity index (χ4v) is 2.77. The van der Waals surface area contributed by atoms with Crippen LogP contribution in [0.15, 0.2) is 42.6 Å². The molecule has 27 heavy (non-hydrogen) atoms. The molecule has 1 aliphatic rings. The number of nitrogens with zero attached hydrogens (tertiary/aromatic N) is 2. The van der Waals surface area contributed by atoms with E-state index in [9.17, 15) is 18.0 Å². The number of likely N-dealkylation sites (tertiary alicyclic amines) is 1. The Labute approximate surface area is 160 Å². The van der Waals surface area contributed by atoms with Crippen LogP contribution in [0.5, 0.6) is 11.6 Å². The number of aromatic nitrogens is 1. The number of pyridine rings is 1. The Balaban J connectivity index is 0.00000261. The first-order valence-electron chi connectivity index (χ1n) is 8.19. The lowest BCUT2D eigenvalue weighted by Gasteiger charge is -2.30. The van der Waals surface area contributed by atoms with Gasteiger partial charge < -0.3 is 15.4 Å². The van der Waals surface area contributed by atoms with Gasteiger partial charge >= 0.3 is 6.18 Å². The summed E-state index contributed by atoms with van der Waals surface area (Å²) >= 11 is 0. The molecule has 0 bridgehead atoms. The van der Waals surface area contributed by atoms with E-state index >= 15 is 0 Å². The van der Waals surface area contributed by atoms with Gasteiger partial charge in [-0.1, -0.05) is 0 Å². The van der Waals surface area contributed by atoms with Gasteiger partial charge in [0.15, 0.2) is 0 Å². The first-order chi connectivity index (χ1) is 12.3. The van der Waals surface area contributed by atoms with Gasteiger partial charge in [-0.15, -0.1) is 12.4 Å². The molecule has 146 valence electrons. The van der Waals surface area contributed by atoms with Crippen LogP contribution in [0.3, 0.4) is 0 Å². The Hall–Kier alpha value is -2.32. The average molecular weight is 402 g/mol. The summed E-state index contributed by atoms with van der Waals surface area (Å²) in [5, 5.41) is 0. The lowest BCUT2D eigenvalue weighted by Crippen LogP contribution is -2.45. The van der Waals surface area contributed by atoms with Crippen LogP contribution in [0, 0.1) is 0 Å². The Bertz CT molecular complexity index is 767. The van der Waals surface area contributed by atoms with Crippen LogP contribution in [0.4, 0.5) is 13.2 Å². The van der Waals surface area contributed by atoms with Crippen LogP contribution in [0.1, 0.15) is 28.8 Å². The maximum absolute atomic E-state index is 12.5. The minimum Gasteiger partial charge on any atom is -0.439 e. The molecule has 0 saturated carbocycles. The van der Waals surface area contributed by atoms with E-state index in [1.54, 1.807) is 29.2 Å². The molecule has 1 aromatic carbocycles. The summed E-state index contributed by atoms with van der Waals surface area (Å²) in [6.45, 7) is 1.22. The summed E-state index contributed by atoms with van der Waals surface area (Å²) in [6.07, 6.45) is -1.93. The van der Waals surface area contributed by atoms with Crippen LogP contribution in [0.25, 0.3) is 0 Å². The number of hydrogen-bond donors (Lipinski definition) is 1. The second kappa shape index (κ2) is 8.58.